The van der Waals surface area contributed by atoms with E-state index in [0.717, 1.165) is 37.1 Å². The number of benzene rings is 2. The number of aromatic nitrogens is 2. The van der Waals surface area contributed by atoms with Gasteiger partial charge in [0, 0.05) is 22.3 Å². The molecule has 190 valence electrons. The highest BCUT2D eigenvalue weighted by Gasteiger charge is 2.36. The van der Waals surface area contributed by atoms with Crippen LogP contribution in [0.15, 0.2) is 47.5 Å². The molecule has 0 unspecified atom stereocenters. The summed E-state index contributed by atoms with van der Waals surface area (Å²) >= 11 is 11.6. The zero-order valence-electron chi connectivity index (χ0n) is 18.3. The number of hydrogen-bond donors (Lipinski definition) is 2. The first-order valence-electron chi connectivity index (χ1n) is 10.7. The predicted octanol–water partition coefficient (Wildman–Crippen LogP) is 7.13. The van der Waals surface area contributed by atoms with E-state index in [9.17, 15) is 26.7 Å². The van der Waals surface area contributed by atoms with Gasteiger partial charge in [0.05, 0.1) is 11.1 Å². The Kier molecular flexibility index (Phi) is 7.51. The second-order valence-electron chi connectivity index (χ2n) is 8.09. The van der Waals surface area contributed by atoms with Crippen LogP contribution >= 0.6 is 23.2 Å². The van der Waals surface area contributed by atoms with Gasteiger partial charge in [-0.1, -0.05) is 36.0 Å². The van der Waals surface area contributed by atoms with Crippen molar-refractivity contribution in [1.29, 1.82) is 0 Å². The summed E-state index contributed by atoms with van der Waals surface area (Å²) in [5, 5.41) is 8.57. The summed E-state index contributed by atoms with van der Waals surface area (Å²) in [4.78, 5) is 17.0. The summed E-state index contributed by atoms with van der Waals surface area (Å²) < 4.78 is 69.2. The highest BCUT2D eigenvalue weighted by molar-refractivity contribution is 6.31. The van der Waals surface area contributed by atoms with Crippen LogP contribution in [-0.2, 0) is 6.18 Å². The molecular formula is C23H18Cl2F5N5O. The number of hydrogen-bond acceptors (Lipinski definition) is 3. The van der Waals surface area contributed by atoms with Gasteiger partial charge in [-0.25, -0.2) is 13.5 Å². The predicted molar refractivity (Wildman–Crippen MR) is 126 cm³/mol. The SMILES string of the molecule is O=C(NC(=Nc1cc(C(F)(F)F)nn1C1CCCC1)Nc1cc(F)cc(Cl)c1)c1ccc(Cl)c(F)c1. The van der Waals surface area contributed by atoms with Gasteiger partial charge in [-0.15, -0.1) is 0 Å². The van der Waals surface area contributed by atoms with Crippen LogP contribution in [0.4, 0.5) is 33.5 Å². The highest BCUT2D eigenvalue weighted by atomic mass is 35.5. The minimum Gasteiger partial charge on any atom is -0.325 e. The van der Waals surface area contributed by atoms with E-state index < -0.39 is 29.4 Å². The summed E-state index contributed by atoms with van der Waals surface area (Å²) in [6, 6.07) is 7.17. The molecule has 0 atom stereocenters. The Morgan fingerprint density at radius 3 is 2.42 bits per heavy atom. The number of anilines is 1. The van der Waals surface area contributed by atoms with Gasteiger partial charge in [-0.3, -0.25) is 10.1 Å². The van der Waals surface area contributed by atoms with E-state index in [1.54, 1.807) is 0 Å². The zero-order chi connectivity index (χ0) is 26.0. The molecule has 2 N–H and O–H groups in total. The summed E-state index contributed by atoms with van der Waals surface area (Å²) in [6.07, 6.45) is -1.86. The fourth-order valence-corrected chi connectivity index (χ4v) is 4.14. The number of amides is 1. The summed E-state index contributed by atoms with van der Waals surface area (Å²) in [5.74, 6) is -2.93. The number of aliphatic imine (C=N–C) groups is 1. The molecule has 0 spiro atoms. The summed E-state index contributed by atoms with van der Waals surface area (Å²) in [5.41, 5.74) is -1.22. The fourth-order valence-electron chi connectivity index (χ4n) is 3.81. The Bertz CT molecular complexity index is 1300. The van der Waals surface area contributed by atoms with E-state index in [-0.39, 0.29) is 39.1 Å². The van der Waals surface area contributed by atoms with Crippen LogP contribution in [0.3, 0.4) is 0 Å². The fraction of sp³-hybridized carbons (Fsp3) is 0.261. The molecule has 0 bridgehead atoms. The number of nitrogens with zero attached hydrogens (tertiary/aromatic N) is 3. The summed E-state index contributed by atoms with van der Waals surface area (Å²) in [7, 11) is 0. The number of rotatable bonds is 4. The van der Waals surface area contributed by atoms with Gasteiger partial charge in [-0.2, -0.15) is 23.3 Å². The van der Waals surface area contributed by atoms with E-state index in [0.29, 0.717) is 12.8 Å². The first-order chi connectivity index (χ1) is 17.0. The largest absolute Gasteiger partial charge is 0.435 e. The normalized spacial score (nSPS) is 14.8. The molecule has 6 nitrogen and oxygen atoms in total. The molecule has 2 aromatic carbocycles. The topological polar surface area (TPSA) is 71.3 Å². The van der Waals surface area contributed by atoms with Crippen molar-refractivity contribution in [1.82, 2.24) is 15.1 Å². The third kappa shape index (κ3) is 6.14. The molecule has 1 aliphatic rings. The number of carbonyl (C=O) groups is 1. The van der Waals surface area contributed by atoms with Crippen molar-refractivity contribution in [2.45, 2.75) is 37.9 Å². The first kappa shape index (κ1) is 25.9. The average Bonchev–Trinajstić information content (AvgIpc) is 3.44. The lowest BCUT2D eigenvalue weighted by Crippen LogP contribution is -2.36. The number of alkyl halides is 3. The van der Waals surface area contributed by atoms with Crippen molar-refractivity contribution in [2.75, 3.05) is 5.32 Å². The standard InChI is InChI=1S/C23H18Cl2F5N5O/c24-13-8-14(26)10-15(9-13)31-22(33-21(36)12-5-6-17(25)18(27)7-12)32-20-11-19(23(28,29)30)34-35(20)16-3-1-2-4-16/h5-11,16H,1-4H2,(H2,31,32,33,36). The molecule has 0 aliphatic heterocycles. The van der Waals surface area contributed by atoms with Crippen molar-refractivity contribution < 1.29 is 26.7 Å². The van der Waals surface area contributed by atoms with Crippen LogP contribution < -0.4 is 10.6 Å². The van der Waals surface area contributed by atoms with Crippen LogP contribution in [0.2, 0.25) is 10.0 Å². The maximum Gasteiger partial charge on any atom is 0.435 e. The van der Waals surface area contributed by atoms with Crippen LogP contribution in [0, 0.1) is 11.6 Å². The molecule has 1 heterocycles. The van der Waals surface area contributed by atoms with Gasteiger partial charge < -0.3 is 5.32 Å². The maximum atomic E-state index is 13.9. The number of guanidine groups is 1. The van der Waals surface area contributed by atoms with Crippen molar-refractivity contribution in [3.05, 3.63) is 75.4 Å². The lowest BCUT2D eigenvalue weighted by atomic mass is 10.2. The molecule has 1 aliphatic carbocycles. The second kappa shape index (κ2) is 10.4. The second-order valence-corrected chi connectivity index (χ2v) is 8.94. The van der Waals surface area contributed by atoms with E-state index >= 15 is 0 Å². The van der Waals surface area contributed by atoms with Crippen molar-refractivity contribution in [3.63, 3.8) is 0 Å². The molecule has 4 rings (SSSR count). The van der Waals surface area contributed by atoms with Gasteiger partial charge in [0.2, 0.25) is 5.96 Å². The monoisotopic (exact) mass is 545 g/mol. The number of halogens is 7. The van der Waals surface area contributed by atoms with Crippen molar-refractivity contribution in [2.24, 2.45) is 4.99 Å². The Morgan fingerprint density at radius 2 is 1.78 bits per heavy atom. The lowest BCUT2D eigenvalue weighted by molar-refractivity contribution is -0.141. The van der Waals surface area contributed by atoms with E-state index in [4.69, 9.17) is 23.2 Å². The Morgan fingerprint density at radius 1 is 1.06 bits per heavy atom. The molecule has 1 aromatic heterocycles. The van der Waals surface area contributed by atoms with E-state index in [1.165, 1.54) is 22.9 Å². The lowest BCUT2D eigenvalue weighted by Gasteiger charge is -2.15. The minimum atomic E-state index is -4.72. The molecular weight excluding hydrogens is 528 g/mol. The first-order valence-corrected chi connectivity index (χ1v) is 11.5. The quantitative estimate of drug-likeness (QED) is 0.208. The molecule has 0 saturated heterocycles. The Balaban J connectivity index is 1.75. The van der Waals surface area contributed by atoms with Crippen molar-refractivity contribution >= 4 is 46.6 Å². The number of nitrogens with one attached hydrogen (secondary N) is 2. The third-order valence-corrected chi connectivity index (χ3v) is 5.97. The van der Waals surface area contributed by atoms with Crippen LogP contribution in [0.5, 0.6) is 0 Å². The van der Waals surface area contributed by atoms with Crippen molar-refractivity contribution in [3.8, 4) is 0 Å². The minimum absolute atomic E-state index is 0.0262. The third-order valence-electron chi connectivity index (χ3n) is 5.44. The molecule has 1 amide bonds. The van der Waals surface area contributed by atoms with E-state index in [2.05, 4.69) is 20.7 Å². The Hall–Kier alpha value is -3.18. The zero-order valence-corrected chi connectivity index (χ0v) is 19.9. The summed E-state index contributed by atoms with van der Waals surface area (Å²) in [6.45, 7) is 0. The molecule has 1 saturated carbocycles. The van der Waals surface area contributed by atoms with Gasteiger partial charge in [-0.05, 0) is 49.2 Å². The number of carbonyl (C=O) groups excluding carboxylic acids is 1. The van der Waals surface area contributed by atoms with Gasteiger partial charge in [0.15, 0.2) is 11.5 Å². The van der Waals surface area contributed by atoms with E-state index in [1.807, 2.05) is 0 Å². The van der Waals surface area contributed by atoms with Gasteiger partial charge in [0.1, 0.15) is 11.6 Å². The molecule has 3 aromatic rings. The van der Waals surface area contributed by atoms with Gasteiger partial charge in [0.25, 0.3) is 5.91 Å². The van der Waals surface area contributed by atoms with Crippen LogP contribution in [-0.4, -0.2) is 21.6 Å². The van der Waals surface area contributed by atoms with Gasteiger partial charge >= 0.3 is 6.18 Å². The maximum absolute atomic E-state index is 13.9. The molecule has 36 heavy (non-hydrogen) atoms. The average molecular weight is 546 g/mol. The molecule has 0 radical (unpaired) electrons. The smallest absolute Gasteiger partial charge is 0.325 e. The highest BCUT2D eigenvalue weighted by Crippen LogP contribution is 2.37. The Labute approximate surface area is 212 Å². The molecule has 1 fully saturated rings. The molecule has 13 heteroatoms. The van der Waals surface area contributed by atoms with Crippen LogP contribution in [0.1, 0.15) is 47.8 Å². The van der Waals surface area contributed by atoms with Crippen LogP contribution in [0.25, 0.3) is 0 Å².